The molecule has 0 aromatic carbocycles. The normalized spacial score (nSPS) is 8.81. The molecule has 1 aromatic rings. The van der Waals surface area contributed by atoms with E-state index >= 15 is 0 Å². The Morgan fingerprint density at radius 1 is 1.25 bits per heavy atom. The first-order valence-electron chi connectivity index (χ1n) is 5.42. The molecule has 2 nitrogen and oxygen atoms in total. The zero-order chi connectivity index (χ0) is 12.7. The number of methoxy groups -OCH3 is 1. The number of allylic oxidation sites excluding steroid dienone is 1. The summed E-state index contributed by atoms with van der Waals surface area (Å²) >= 11 is 0. The Balaban J connectivity index is 0.00000106. The van der Waals surface area contributed by atoms with Crippen molar-refractivity contribution < 1.29 is 4.74 Å². The minimum atomic E-state index is 0.621. The number of rotatable bonds is 3. The smallest absolute Gasteiger partial charge is 0.121 e. The summed E-state index contributed by atoms with van der Waals surface area (Å²) in [6, 6.07) is 1.99. The van der Waals surface area contributed by atoms with Crippen molar-refractivity contribution >= 4 is 11.3 Å². The Hall–Kier alpha value is -1.57. The van der Waals surface area contributed by atoms with Gasteiger partial charge in [0, 0.05) is 17.5 Å². The number of nitrogens with zero attached hydrogens (tertiary/aromatic N) is 1. The zero-order valence-electron chi connectivity index (χ0n) is 10.9. The molecule has 1 aromatic heterocycles. The van der Waals surface area contributed by atoms with Crippen LogP contribution in [0.1, 0.15) is 37.6 Å². The van der Waals surface area contributed by atoms with Crippen LogP contribution in [0.5, 0.6) is 0 Å². The number of aromatic nitrogens is 1. The largest absolute Gasteiger partial charge is 0.497 e. The van der Waals surface area contributed by atoms with Crippen LogP contribution in [-0.4, -0.2) is 12.1 Å². The molecule has 0 aliphatic rings. The second-order valence-corrected chi connectivity index (χ2v) is 3.28. The molecule has 0 amide bonds. The van der Waals surface area contributed by atoms with Crippen LogP contribution in [0, 0.1) is 6.92 Å². The number of hydrogen-bond donors (Lipinski definition) is 0. The van der Waals surface area contributed by atoms with Crippen LogP contribution >= 0.6 is 0 Å². The van der Waals surface area contributed by atoms with Gasteiger partial charge in [0.05, 0.1) is 7.11 Å². The number of aryl methyl sites for hydroxylation is 1. The van der Waals surface area contributed by atoms with Crippen molar-refractivity contribution in [3.05, 3.63) is 42.2 Å². The van der Waals surface area contributed by atoms with E-state index in [0.29, 0.717) is 5.76 Å². The maximum absolute atomic E-state index is 5.09. The van der Waals surface area contributed by atoms with Crippen LogP contribution in [0.4, 0.5) is 0 Å². The molecule has 0 saturated heterocycles. The third-order valence-electron chi connectivity index (χ3n) is 2.05. The summed E-state index contributed by atoms with van der Waals surface area (Å²) in [7, 11) is 1.60. The first kappa shape index (κ1) is 14.4. The summed E-state index contributed by atoms with van der Waals surface area (Å²) in [5, 5.41) is 0. The third-order valence-corrected chi connectivity index (χ3v) is 2.05. The molecule has 0 aliphatic heterocycles. The van der Waals surface area contributed by atoms with Crippen LogP contribution in [0.25, 0.3) is 11.3 Å². The van der Waals surface area contributed by atoms with Gasteiger partial charge in [0.25, 0.3) is 0 Å². The van der Waals surface area contributed by atoms with E-state index in [1.54, 1.807) is 13.3 Å². The summed E-state index contributed by atoms with van der Waals surface area (Å²) in [5.74, 6) is 0.621. The zero-order valence-corrected chi connectivity index (χ0v) is 10.9. The molecule has 1 rings (SSSR count). The third kappa shape index (κ3) is 3.54. The molecule has 0 aliphatic carbocycles. The molecule has 0 spiro atoms. The van der Waals surface area contributed by atoms with Gasteiger partial charge in [0.1, 0.15) is 5.76 Å². The molecular formula is C14H21NO. The summed E-state index contributed by atoms with van der Waals surface area (Å²) in [5.41, 5.74) is 3.91. The second kappa shape index (κ2) is 6.83. The van der Waals surface area contributed by atoms with Crippen molar-refractivity contribution in [3.63, 3.8) is 0 Å². The lowest BCUT2D eigenvalue weighted by Crippen LogP contribution is -1.95. The predicted molar refractivity (Wildman–Crippen MR) is 71.1 cm³/mol. The lowest BCUT2D eigenvalue weighted by atomic mass is 10.0. The Kier molecular flexibility index (Phi) is 6.16. The summed E-state index contributed by atoms with van der Waals surface area (Å²) in [6.45, 7) is 15.6. The Bertz CT molecular complexity index is 380. The molecule has 1 heterocycles. The van der Waals surface area contributed by atoms with Gasteiger partial charge < -0.3 is 4.74 Å². The van der Waals surface area contributed by atoms with Crippen molar-refractivity contribution in [1.29, 1.82) is 0 Å². The SMILES string of the molecule is C=C(C)c1cc(C)ncc1C(=C)OC.CC. The van der Waals surface area contributed by atoms with Crippen LogP contribution in [0.3, 0.4) is 0 Å². The molecule has 0 atom stereocenters. The van der Waals surface area contributed by atoms with Gasteiger partial charge in [-0.05, 0) is 25.5 Å². The minimum absolute atomic E-state index is 0.621. The van der Waals surface area contributed by atoms with Crippen LogP contribution in [0.15, 0.2) is 25.4 Å². The van der Waals surface area contributed by atoms with E-state index in [4.69, 9.17) is 4.74 Å². The van der Waals surface area contributed by atoms with Crippen molar-refractivity contribution in [2.75, 3.05) is 7.11 Å². The number of hydrogen-bond acceptors (Lipinski definition) is 2. The molecule has 0 bridgehead atoms. The maximum Gasteiger partial charge on any atom is 0.121 e. The monoisotopic (exact) mass is 219 g/mol. The first-order chi connectivity index (χ1) is 7.56. The average molecular weight is 219 g/mol. The summed E-state index contributed by atoms with van der Waals surface area (Å²) in [6.07, 6.45) is 1.77. The summed E-state index contributed by atoms with van der Waals surface area (Å²) < 4.78 is 5.09. The number of pyridine rings is 1. The highest BCUT2D eigenvalue weighted by Crippen LogP contribution is 2.23. The average Bonchev–Trinajstić information content (AvgIpc) is 2.30. The van der Waals surface area contributed by atoms with Crippen LogP contribution in [0.2, 0.25) is 0 Å². The fourth-order valence-corrected chi connectivity index (χ4v) is 1.25. The van der Waals surface area contributed by atoms with Gasteiger partial charge >= 0.3 is 0 Å². The van der Waals surface area contributed by atoms with Gasteiger partial charge in [0.15, 0.2) is 0 Å². The van der Waals surface area contributed by atoms with Gasteiger partial charge in [0.2, 0.25) is 0 Å². The minimum Gasteiger partial charge on any atom is -0.497 e. The Labute approximate surface area is 98.7 Å². The fraction of sp³-hybridized carbons (Fsp3) is 0.357. The van der Waals surface area contributed by atoms with Gasteiger partial charge in [-0.2, -0.15) is 0 Å². The maximum atomic E-state index is 5.09. The van der Waals surface area contributed by atoms with Gasteiger partial charge in [-0.15, -0.1) is 0 Å². The van der Waals surface area contributed by atoms with E-state index in [1.165, 1.54) is 0 Å². The number of ether oxygens (including phenoxy) is 1. The van der Waals surface area contributed by atoms with E-state index in [2.05, 4.69) is 18.1 Å². The quantitative estimate of drug-likeness (QED) is 0.715. The molecule has 0 unspecified atom stereocenters. The Morgan fingerprint density at radius 3 is 2.25 bits per heavy atom. The molecule has 16 heavy (non-hydrogen) atoms. The van der Waals surface area contributed by atoms with Gasteiger partial charge in [-0.25, -0.2) is 0 Å². The molecule has 88 valence electrons. The van der Waals surface area contributed by atoms with Gasteiger partial charge in [-0.3, -0.25) is 4.98 Å². The lowest BCUT2D eigenvalue weighted by molar-refractivity contribution is 0.371. The van der Waals surface area contributed by atoms with Crippen molar-refractivity contribution in [2.24, 2.45) is 0 Å². The van der Waals surface area contributed by atoms with E-state index in [-0.39, 0.29) is 0 Å². The highest BCUT2D eigenvalue weighted by Gasteiger charge is 2.07. The molecule has 0 saturated carbocycles. The second-order valence-electron chi connectivity index (χ2n) is 3.28. The van der Waals surface area contributed by atoms with E-state index in [1.807, 2.05) is 33.8 Å². The van der Waals surface area contributed by atoms with Crippen LogP contribution < -0.4 is 0 Å². The summed E-state index contributed by atoms with van der Waals surface area (Å²) in [4.78, 5) is 4.21. The van der Waals surface area contributed by atoms with Gasteiger partial charge in [-0.1, -0.05) is 32.6 Å². The predicted octanol–water partition coefficient (Wildman–Crippen LogP) is 4.07. The van der Waals surface area contributed by atoms with Crippen molar-refractivity contribution in [1.82, 2.24) is 4.98 Å². The van der Waals surface area contributed by atoms with Crippen LogP contribution in [-0.2, 0) is 4.74 Å². The standard InChI is InChI=1S/C12H15NO.C2H6/c1-8(2)11-6-9(3)13-7-12(11)10(4)14-5;1-2/h6-7H,1,4H2,2-3,5H3;1-2H3. The molecule has 0 N–H and O–H groups in total. The topological polar surface area (TPSA) is 22.1 Å². The first-order valence-corrected chi connectivity index (χ1v) is 5.42. The van der Waals surface area contributed by atoms with E-state index in [0.717, 1.165) is 22.4 Å². The molecular weight excluding hydrogens is 198 g/mol. The molecule has 0 fully saturated rings. The highest BCUT2D eigenvalue weighted by molar-refractivity contribution is 5.74. The van der Waals surface area contributed by atoms with Crippen molar-refractivity contribution in [2.45, 2.75) is 27.7 Å². The fourth-order valence-electron chi connectivity index (χ4n) is 1.25. The lowest BCUT2D eigenvalue weighted by Gasteiger charge is -2.10. The van der Waals surface area contributed by atoms with E-state index in [9.17, 15) is 0 Å². The van der Waals surface area contributed by atoms with Crippen molar-refractivity contribution in [3.8, 4) is 0 Å². The molecule has 0 radical (unpaired) electrons. The Morgan fingerprint density at radius 2 is 1.81 bits per heavy atom. The highest BCUT2D eigenvalue weighted by atomic mass is 16.5. The van der Waals surface area contributed by atoms with E-state index < -0.39 is 0 Å². The molecule has 2 heteroatoms.